The second-order valence-corrected chi connectivity index (χ2v) is 8.66. The fourth-order valence-corrected chi connectivity index (χ4v) is 4.43. The number of ether oxygens (including phenoxy) is 1. The largest absolute Gasteiger partial charge is 0.484 e. The lowest BCUT2D eigenvalue weighted by atomic mass is 9.96. The molecule has 1 saturated heterocycles. The molecule has 3 aliphatic rings. The minimum absolute atomic E-state index is 0.00796. The summed E-state index contributed by atoms with van der Waals surface area (Å²) in [4.78, 5) is 28.5. The minimum atomic E-state index is -0.00796. The van der Waals surface area contributed by atoms with Gasteiger partial charge in [-0.15, -0.1) is 0 Å². The number of rotatable bonds is 6. The molecular formula is C23H29N3O4. The summed E-state index contributed by atoms with van der Waals surface area (Å²) in [5, 5.41) is 4.13. The van der Waals surface area contributed by atoms with Crippen molar-refractivity contribution in [3.05, 3.63) is 29.5 Å². The van der Waals surface area contributed by atoms with Gasteiger partial charge in [-0.3, -0.25) is 14.5 Å². The number of carbonyl (C=O) groups excluding carboxylic acids is 2. The van der Waals surface area contributed by atoms with Crippen LogP contribution >= 0.6 is 0 Å². The first-order chi connectivity index (χ1) is 14.7. The zero-order chi connectivity index (χ0) is 20.5. The first-order valence-corrected chi connectivity index (χ1v) is 11.1. The fourth-order valence-electron chi connectivity index (χ4n) is 4.43. The van der Waals surface area contributed by atoms with E-state index in [1.54, 1.807) is 0 Å². The molecular weight excluding hydrogens is 382 g/mol. The van der Waals surface area contributed by atoms with E-state index < -0.39 is 0 Å². The summed E-state index contributed by atoms with van der Waals surface area (Å²) >= 11 is 0. The van der Waals surface area contributed by atoms with Crippen LogP contribution in [-0.2, 0) is 22.4 Å². The Hall–Kier alpha value is -2.54. The molecule has 0 unspecified atom stereocenters. The summed E-state index contributed by atoms with van der Waals surface area (Å²) in [6.45, 7) is 3.16. The van der Waals surface area contributed by atoms with Crippen LogP contribution in [0.2, 0.25) is 0 Å². The fraction of sp³-hybridized carbons (Fsp3) is 0.565. The van der Waals surface area contributed by atoms with Crippen LogP contribution in [0.4, 0.5) is 0 Å². The quantitative estimate of drug-likeness (QED) is 0.788. The molecule has 0 radical (unpaired) electrons. The number of amides is 2. The maximum absolute atomic E-state index is 12.6. The van der Waals surface area contributed by atoms with E-state index in [4.69, 9.17) is 9.15 Å². The van der Waals surface area contributed by atoms with E-state index in [1.807, 2.05) is 23.1 Å². The van der Waals surface area contributed by atoms with Gasteiger partial charge < -0.3 is 19.4 Å². The third kappa shape index (κ3) is 4.31. The van der Waals surface area contributed by atoms with Crippen LogP contribution in [0.3, 0.4) is 0 Å². The van der Waals surface area contributed by atoms with Gasteiger partial charge in [-0.25, -0.2) is 0 Å². The van der Waals surface area contributed by atoms with Gasteiger partial charge in [0, 0.05) is 49.6 Å². The summed E-state index contributed by atoms with van der Waals surface area (Å²) in [6, 6.07) is 6.22. The van der Waals surface area contributed by atoms with E-state index in [1.165, 1.54) is 18.4 Å². The van der Waals surface area contributed by atoms with Gasteiger partial charge in [0.25, 0.3) is 5.91 Å². The van der Waals surface area contributed by atoms with E-state index in [9.17, 15) is 9.59 Å². The monoisotopic (exact) mass is 411 g/mol. The van der Waals surface area contributed by atoms with Crippen molar-refractivity contribution in [3.8, 4) is 5.75 Å². The number of hydrogen-bond donors (Lipinski definition) is 1. The number of benzene rings is 1. The molecule has 160 valence electrons. The maximum atomic E-state index is 12.6. The highest BCUT2D eigenvalue weighted by Gasteiger charge is 2.26. The molecule has 1 aliphatic heterocycles. The number of hydrogen-bond acceptors (Lipinski definition) is 5. The molecule has 1 N–H and O–H groups in total. The van der Waals surface area contributed by atoms with Gasteiger partial charge in [0.1, 0.15) is 17.1 Å². The highest BCUT2D eigenvalue weighted by atomic mass is 16.5. The number of carbonyl (C=O) groups is 2. The summed E-state index contributed by atoms with van der Waals surface area (Å²) in [6.07, 6.45) is 6.64. The Morgan fingerprint density at radius 1 is 1.10 bits per heavy atom. The number of aryl methyl sites for hydroxylation is 2. The lowest BCUT2D eigenvalue weighted by Gasteiger charge is -2.34. The van der Waals surface area contributed by atoms with Crippen LogP contribution in [0.15, 0.2) is 22.6 Å². The molecule has 1 saturated carbocycles. The van der Waals surface area contributed by atoms with Gasteiger partial charge in [0.2, 0.25) is 5.91 Å². The smallest absolute Gasteiger partial charge is 0.260 e. The topological polar surface area (TPSA) is 75.0 Å². The van der Waals surface area contributed by atoms with E-state index in [2.05, 4.69) is 10.2 Å². The first kappa shape index (κ1) is 19.4. The number of furan rings is 1. The number of fused-ring (bicyclic) bond motifs is 3. The van der Waals surface area contributed by atoms with E-state index in [0.29, 0.717) is 31.4 Å². The van der Waals surface area contributed by atoms with Crippen molar-refractivity contribution in [2.45, 2.75) is 44.6 Å². The van der Waals surface area contributed by atoms with Crippen LogP contribution < -0.4 is 10.1 Å². The SMILES string of the molecule is O=C(CN1CCN(C(=O)COc2ccc3oc4c(c3c2)CCCC4)CC1)NC1CC1. The molecule has 7 heteroatoms. The van der Waals surface area contributed by atoms with Gasteiger partial charge in [-0.05, 0) is 50.3 Å². The van der Waals surface area contributed by atoms with Crippen molar-refractivity contribution in [1.82, 2.24) is 15.1 Å². The van der Waals surface area contributed by atoms with Gasteiger partial charge in [-0.2, -0.15) is 0 Å². The maximum Gasteiger partial charge on any atom is 0.260 e. The highest BCUT2D eigenvalue weighted by Crippen LogP contribution is 2.33. The molecule has 2 aromatic rings. The van der Waals surface area contributed by atoms with Crippen molar-refractivity contribution in [2.75, 3.05) is 39.3 Å². The standard InChI is InChI=1S/C23H29N3O4/c27-22(24-16-5-6-16)14-25-9-11-26(12-10-25)23(28)15-29-17-7-8-21-19(13-17)18-3-1-2-4-20(18)30-21/h7-8,13,16H,1-6,9-12,14-15H2,(H,24,27). The van der Waals surface area contributed by atoms with Crippen molar-refractivity contribution in [2.24, 2.45) is 0 Å². The van der Waals surface area contributed by atoms with Crippen LogP contribution in [0.25, 0.3) is 11.0 Å². The highest BCUT2D eigenvalue weighted by molar-refractivity contribution is 5.84. The molecule has 5 rings (SSSR count). The molecule has 30 heavy (non-hydrogen) atoms. The predicted molar refractivity (Wildman–Crippen MR) is 113 cm³/mol. The second-order valence-electron chi connectivity index (χ2n) is 8.66. The lowest BCUT2D eigenvalue weighted by Crippen LogP contribution is -2.52. The zero-order valence-electron chi connectivity index (χ0n) is 17.3. The van der Waals surface area contributed by atoms with E-state index in [0.717, 1.165) is 55.5 Å². The Kier molecular flexibility index (Phi) is 5.37. The predicted octanol–water partition coefficient (Wildman–Crippen LogP) is 2.11. The Bertz CT molecular complexity index is 941. The Morgan fingerprint density at radius 3 is 2.70 bits per heavy atom. The van der Waals surface area contributed by atoms with Crippen LogP contribution in [0.1, 0.15) is 37.0 Å². The van der Waals surface area contributed by atoms with Gasteiger partial charge in [0.05, 0.1) is 6.54 Å². The zero-order valence-corrected chi connectivity index (χ0v) is 17.3. The van der Waals surface area contributed by atoms with Gasteiger partial charge >= 0.3 is 0 Å². The molecule has 7 nitrogen and oxygen atoms in total. The first-order valence-electron chi connectivity index (χ1n) is 11.1. The molecule has 2 fully saturated rings. The number of piperazine rings is 1. The van der Waals surface area contributed by atoms with Crippen LogP contribution in [-0.4, -0.2) is 67.0 Å². The van der Waals surface area contributed by atoms with Crippen molar-refractivity contribution < 1.29 is 18.7 Å². The number of nitrogens with one attached hydrogen (secondary N) is 1. The van der Waals surface area contributed by atoms with Gasteiger partial charge in [0.15, 0.2) is 6.61 Å². The number of nitrogens with zero attached hydrogens (tertiary/aromatic N) is 2. The molecule has 0 atom stereocenters. The third-order valence-corrected chi connectivity index (χ3v) is 6.32. The average Bonchev–Trinajstić information content (AvgIpc) is 3.50. The summed E-state index contributed by atoms with van der Waals surface area (Å²) in [7, 11) is 0. The molecule has 1 aromatic carbocycles. The van der Waals surface area contributed by atoms with E-state index >= 15 is 0 Å². The summed E-state index contributed by atoms with van der Waals surface area (Å²) in [5.41, 5.74) is 2.21. The van der Waals surface area contributed by atoms with Crippen LogP contribution in [0.5, 0.6) is 5.75 Å². The van der Waals surface area contributed by atoms with Crippen molar-refractivity contribution in [3.63, 3.8) is 0 Å². The van der Waals surface area contributed by atoms with Crippen molar-refractivity contribution in [1.29, 1.82) is 0 Å². The lowest BCUT2D eigenvalue weighted by molar-refractivity contribution is -0.135. The van der Waals surface area contributed by atoms with Gasteiger partial charge in [-0.1, -0.05) is 0 Å². The average molecular weight is 412 g/mol. The molecule has 2 heterocycles. The Labute approximate surface area is 176 Å². The molecule has 2 aliphatic carbocycles. The van der Waals surface area contributed by atoms with Crippen LogP contribution in [0, 0.1) is 0 Å². The molecule has 0 bridgehead atoms. The summed E-state index contributed by atoms with van der Waals surface area (Å²) in [5.74, 6) is 1.90. The Morgan fingerprint density at radius 2 is 1.90 bits per heavy atom. The molecule has 2 amide bonds. The van der Waals surface area contributed by atoms with Crippen molar-refractivity contribution >= 4 is 22.8 Å². The van der Waals surface area contributed by atoms with E-state index in [-0.39, 0.29) is 18.4 Å². The normalized spacial score (nSPS) is 19.5. The minimum Gasteiger partial charge on any atom is -0.484 e. The second kappa shape index (κ2) is 8.30. The molecule has 1 aromatic heterocycles. The third-order valence-electron chi connectivity index (χ3n) is 6.32. The molecule has 0 spiro atoms. The Balaban J connectivity index is 1.11. The summed E-state index contributed by atoms with van der Waals surface area (Å²) < 4.78 is 11.8.